The number of benzene rings is 1. The quantitative estimate of drug-likeness (QED) is 0.869. The topological polar surface area (TPSA) is 51.7 Å². The second kappa shape index (κ2) is 5.92. The fourth-order valence-corrected chi connectivity index (χ4v) is 2.53. The monoisotopic (exact) mass is 292 g/mol. The van der Waals surface area contributed by atoms with Crippen molar-refractivity contribution in [1.29, 1.82) is 0 Å². The number of nitrogens with zero attached hydrogens (tertiary/aromatic N) is 2. The molecule has 0 spiro atoms. The van der Waals surface area contributed by atoms with Crippen molar-refractivity contribution in [1.82, 2.24) is 4.98 Å². The Bertz CT molecular complexity index is 625. The Kier molecular flexibility index (Phi) is 4.24. The van der Waals surface area contributed by atoms with Crippen molar-refractivity contribution in [2.45, 2.75) is 6.92 Å². The molecule has 1 aromatic heterocycles. The molecule has 0 N–H and O–H groups in total. The number of thiazole rings is 1. The van der Waals surface area contributed by atoms with Crippen molar-refractivity contribution < 1.29 is 14.3 Å². The zero-order chi connectivity index (χ0) is 14.7. The van der Waals surface area contributed by atoms with Crippen LogP contribution in [0.5, 0.6) is 11.5 Å². The van der Waals surface area contributed by atoms with Crippen molar-refractivity contribution in [3.8, 4) is 22.8 Å². The largest absolute Gasteiger partial charge is 0.497 e. The third kappa shape index (κ3) is 2.75. The van der Waals surface area contributed by atoms with E-state index in [-0.39, 0.29) is 5.91 Å². The van der Waals surface area contributed by atoms with Gasteiger partial charge in [0, 0.05) is 24.9 Å². The second-order valence-electron chi connectivity index (χ2n) is 4.16. The number of hydrogen-bond acceptors (Lipinski definition) is 5. The Morgan fingerprint density at radius 3 is 2.65 bits per heavy atom. The van der Waals surface area contributed by atoms with Gasteiger partial charge in [-0.3, -0.25) is 9.69 Å². The molecule has 0 radical (unpaired) electrons. The van der Waals surface area contributed by atoms with E-state index < -0.39 is 0 Å². The van der Waals surface area contributed by atoms with Gasteiger partial charge in [-0.05, 0) is 18.2 Å². The number of amides is 1. The zero-order valence-corrected chi connectivity index (χ0v) is 12.7. The molecule has 0 unspecified atom stereocenters. The van der Waals surface area contributed by atoms with Crippen LogP contribution in [0.3, 0.4) is 0 Å². The number of methoxy groups -OCH3 is 2. The van der Waals surface area contributed by atoms with Crippen molar-refractivity contribution in [2.75, 3.05) is 26.2 Å². The van der Waals surface area contributed by atoms with Gasteiger partial charge in [0.25, 0.3) is 0 Å². The van der Waals surface area contributed by atoms with Gasteiger partial charge in [-0.25, -0.2) is 4.98 Å². The summed E-state index contributed by atoms with van der Waals surface area (Å²) >= 11 is 1.41. The van der Waals surface area contributed by atoms with E-state index in [4.69, 9.17) is 9.47 Å². The lowest BCUT2D eigenvalue weighted by molar-refractivity contribution is -0.116. The first-order valence-electron chi connectivity index (χ1n) is 5.99. The molecule has 0 saturated carbocycles. The maximum absolute atomic E-state index is 11.4. The maximum atomic E-state index is 11.4. The van der Waals surface area contributed by atoms with Crippen LogP contribution < -0.4 is 14.4 Å². The van der Waals surface area contributed by atoms with Crippen LogP contribution >= 0.6 is 11.3 Å². The highest BCUT2D eigenvalue weighted by Gasteiger charge is 2.14. The summed E-state index contributed by atoms with van der Waals surface area (Å²) in [6.07, 6.45) is 0. The van der Waals surface area contributed by atoms with E-state index in [0.717, 1.165) is 17.0 Å². The fourth-order valence-electron chi connectivity index (χ4n) is 1.69. The molecule has 2 aromatic rings. The number of ether oxygens (including phenoxy) is 2. The third-order valence-corrected chi connectivity index (χ3v) is 3.85. The van der Waals surface area contributed by atoms with E-state index >= 15 is 0 Å². The van der Waals surface area contributed by atoms with Crippen LogP contribution in [0, 0.1) is 0 Å². The molecule has 1 amide bonds. The summed E-state index contributed by atoms with van der Waals surface area (Å²) < 4.78 is 10.6. The zero-order valence-electron chi connectivity index (χ0n) is 11.8. The molecular formula is C14H16N2O3S. The van der Waals surface area contributed by atoms with Gasteiger partial charge in [-0.15, -0.1) is 11.3 Å². The fraction of sp³-hybridized carbons (Fsp3) is 0.286. The molecule has 20 heavy (non-hydrogen) atoms. The van der Waals surface area contributed by atoms with Crippen LogP contribution in [0.15, 0.2) is 23.6 Å². The molecule has 1 aromatic carbocycles. The summed E-state index contributed by atoms with van der Waals surface area (Å²) in [4.78, 5) is 17.3. The van der Waals surface area contributed by atoms with Crippen molar-refractivity contribution in [3.63, 3.8) is 0 Å². The standard InChI is InChI=1S/C14H16N2O3S/c1-9(17)16(2)14-15-12(8-20-14)11-7-10(18-3)5-6-13(11)19-4/h5-8H,1-4H3. The minimum absolute atomic E-state index is 0.0523. The molecule has 0 aliphatic heterocycles. The molecular weight excluding hydrogens is 276 g/mol. The number of hydrogen-bond donors (Lipinski definition) is 0. The average molecular weight is 292 g/mol. The SMILES string of the molecule is COc1ccc(OC)c(-c2csc(N(C)C(C)=O)n2)c1. The second-order valence-corrected chi connectivity index (χ2v) is 5.00. The Labute approximate surface area is 121 Å². The molecule has 0 fully saturated rings. The lowest BCUT2D eigenvalue weighted by Crippen LogP contribution is -2.22. The van der Waals surface area contributed by atoms with Crippen LogP contribution in [0.25, 0.3) is 11.3 Å². The molecule has 106 valence electrons. The molecule has 0 atom stereocenters. The van der Waals surface area contributed by atoms with Gasteiger partial charge in [0.05, 0.1) is 19.9 Å². The molecule has 0 saturated heterocycles. The number of anilines is 1. The van der Waals surface area contributed by atoms with Gasteiger partial charge >= 0.3 is 0 Å². The summed E-state index contributed by atoms with van der Waals surface area (Å²) in [6.45, 7) is 1.51. The van der Waals surface area contributed by atoms with Crippen molar-refractivity contribution >= 4 is 22.4 Å². The van der Waals surface area contributed by atoms with Gasteiger partial charge in [0.1, 0.15) is 11.5 Å². The van der Waals surface area contributed by atoms with E-state index in [0.29, 0.717) is 10.9 Å². The molecule has 2 rings (SSSR count). The first-order valence-corrected chi connectivity index (χ1v) is 6.87. The Balaban J connectivity index is 2.43. The highest BCUT2D eigenvalue weighted by molar-refractivity contribution is 7.14. The smallest absolute Gasteiger partial charge is 0.225 e. The number of carbonyl (C=O) groups excluding carboxylic acids is 1. The van der Waals surface area contributed by atoms with E-state index in [1.54, 1.807) is 21.3 Å². The third-order valence-electron chi connectivity index (χ3n) is 2.93. The minimum Gasteiger partial charge on any atom is -0.497 e. The molecule has 0 aliphatic rings. The predicted octanol–water partition coefficient (Wildman–Crippen LogP) is 2.81. The van der Waals surface area contributed by atoms with Gasteiger partial charge < -0.3 is 9.47 Å². The van der Waals surface area contributed by atoms with E-state index in [2.05, 4.69) is 4.98 Å². The van der Waals surface area contributed by atoms with Crippen LogP contribution in [-0.2, 0) is 4.79 Å². The molecule has 0 aliphatic carbocycles. The summed E-state index contributed by atoms with van der Waals surface area (Å²) in [5.74, 6) is 1.40. The van der Waals surface area contributed by atoms with Crippen molar-refractivity contribution in [3.05, 3.63) is 23.6 Å². The maximum Gasteiger partial charge on any atom is 0.225 e. The normalized spacial score (nSPS) is 10.2. The highest BCUT2D eigenvalue weighted by atomic mass is 32.1. The van der Waals surface area contributed by atoms with Crippen molar-refractivity contribution in [2.24, 2.45) is 0 Å². The lowest BCUT2D eigenvalue weighted by atomic mass is 10.1. The van der Waals surface area contributed by atoms with Gasteiger partial charge in [0.15, 0.2) is 5.13 Å². The van der Waals surface area contributed by atoms with Crippen LogP contribution in [0.1, 0.15) is 6.92 Å². The van der Waals surface area contributed by atoms with Crippen LogP contribution in [-0.4, -0.2) is 32.2 Å². The summed E-state index contributed by atoms with van der Waals surface area (Å²) in [5.41, 5.74) is 1.60. The molecule has 5 nitrogen and oxygen atoms in total. The summed E-state index contributed by atoms with van der Waals surface area (Å²) in [5, 5.41) is 2.55. The first-order chi connectivity index (χ1) is 9.56. The molecule has 1 heterocycles. The van der Waals surface area contributed by atoms with Crippen LogP contribution in [0.2, 0.25) is 0 Å². The Morgan fingerprint density at radius 1 is 1.30 bits per heavy atom. The number of rotatable bonds is 4. The highest BCUT2D eigenvalue weighted by Crippen LogP contribution is 2.35. The Hall–Kier alpha value is -2.08. The molecule has 0 bridgehead atoms. The van der Waals surface area contributed by atoms with Crippen LogP contribution in [0.4, 0.5) is 5.13 Å². The average Bonchev–Trinajstić information content (AvgIpc) is 2.95. The van der Waals surface area contributed by atoms with E-state index in [1.165, 1.54) is 23.2 Å². The molecule has 6 heteroatoms. The first kappa shape index (κ1) is 14.3. The predicted molar refractivity (Wildman–Crippen MR) is 79.7 cm³/mol. The van der Waals surface area contributed by atoms with E-state index in [1.807, 2.05) is 23.6 Å². The summed E-state index contributed by atoms with van der Waals surface area (Å²) in [6, 6.07) is 5.53. The Morgan fingerprint density at radius 2 is 2.05 bits per heavy atom. The number of carbonyl (C=O) groups is 1. The van der Waals surface area contributed by atoms with Gasteiger partial charge in [-0.1, -0.05) is 0 Å². The van der Waals surface area contributed by atoms with Gasteiger partial charge in [-0.2, -0.15) is 0 Å². The van der Waals surface area contributed by atoms with Gasteiger partial charge in [0.2, 0.25) is 5.91 Å². The lowest BCUT2D eigenvalue weighted by Gasteiger charge is -2.10. The van der Waals surface area contributed by atoms with E-state index in [9.17, 15) is 4.79 Å². The minimum atomic E-state index is -0.0523. The number of aromatic nitrogens is 1. The summed E-state index contributed by atoms with van der Waals surface area (Å²) in [7, 11) is 4.93.